The summed E-state index contributed by atoms with van der Waals surface area (Å²) in [4.78, 5) is 20.6. The first kappa shape index (κ1) is 24.9. The Morgan fingerprint density at radius 3 is 1.74 bits per heavy atom. The van der Waals surface area contributed by atoms with Crippen molar-refractivity contribution in [2.45, 2.75) is 10.2 Å². The Hall–Kier alpha value is -3.21. The van der Waals surface area contributed by atoms with Crippen LogP contribution in [-0.2, 0) is 30.4 Å². The van der Waals surface area contributed by atoms with Gasteiger partial charge in [-0.1, -0.05) is 42.5 Å². The predicted octanol–water partition coefficient (Wildman–Crippen LogP) is 1.07. The average molecular weight is 543 g/mol. The smallest absolute Gasteiger partial charge is 0.313 e. The molecule has 12 nitrogen and oxygen atoms in total. The molecule has 2 aromatic carbocycles. The molecule has 0 radical (unpaired) electrons. The van der Waals surface area contributed by atoms with Crippen LogP contribution in [0.5, 0.6) is 5.75 Å². The lowest BCUT2D eigenvalue weighted by Crippen LogP contribution is -2.62. The lowest BCUT2D eigenvalue weighted by molar-refractivity contribution is 0.0957. The lowest BCUT2D eigenvalue weighted by atomic mass is 9.79. The van der Waals surface area contributed by atoms with E-state index in [0.717, 1.165) is 18.2 Å². The van der Waals surface area contributed by atoms with E-state index in [1.807, 2.05) is 0 Å². The number of fused-ring (bicyclic) bond motifs is 1. The Labute approximate surface area is 198 Å². The van der Waals surface area contributed by atoms with Crippen molar-refractivity contribution in [3.63, 3.8) is 0 Å². The van der Waals surface area contributed by atoms with Gasteiger partial charge in [0.25, 0.3) is 25.2 Å². The summed E-state index contributed by atoms with van der Waals surface area (Å²) in [6.07, 6.45) is 0.235. The zero-order valence-corrected chi connectivity index (χ0v) is 19.5. The summed E-state index contributed by atoms with van der Waals surface area (Å²) in [6, 6.07) is 11.0. The molecule has 0 amide bonds. The van der Waals surface area contributed by atoms with E-state index in [1.54, 1.807) is 0 Å². The molecule has 0 spiro atoms. The summed E-state index contributed by atoms with van der Waals surface area (Å²) in [5, 5.41) is -3.20. The normalized spacial score (nSPS) is 22.8. The van der Waals surface area contributed by atoms with Crippen LogP contribution >= 0.6 is 0 Å². The molecule has 2 aliphatic rings. The maximum absolute atomic E-state index is 13.3. The number of hydrogen-bond donors (Lipinski definition) is 3. The largest absolute Gasteiger partial charge is 0.462 e. The molecule has 0 saturated carbocycles. The predicted molar refractivity (Wildman–Crippen MR) is 118 cm³/mol. The van der Waals surface area contributed by atoms with Gasteiger partial charge in [0.05, 0.1) is 0 Å². The molecule has 0 fully saturated rings. The minimum atomic E-state index is -6.09. The summed E-state index contributed by atoms with van der Waals surface area (Å²) >= 11 is 0. The van der Waals surface area contributed by atoms with Crippen LogP contribution in [0.1, 0.15) is 20.7 Å². The Kier molecular flexibility index (Phi) is 5.62. The Bertz CT molecular complexity index is 1670. The van der Waals surface area contributed by atoms with Gasteiger partial charge in [-0.3, -0.25) is 23.2 Å². The molecule has 184 valence electrons. The van der Waals surface area contributed by atoms with Gasteiger partial charge in [0, 0.05) is 22.3 Å². The minimum absolute atomic E-state index is 0.235. The molecule has 0 bridgehead atoms. The SMILES string of the molecule is O=C1C2=C(C(=O)c3ccccc31)C(S(=O)(=O)O)C(Oc1ccccc1)(S(=O)(=O)O)C(S(=O)(=O)O)=C2. The van der Waals surface area contributed by atoms with Gasteiger partial charge in [0.1, 0.15) is 10.7 Å². The fourth-order valence-electron chi connectivity index (χ4n) is 4.05. The lowest BCUT2D eigenvalue weighted by Gasteiger charge is -2.41. The third kappa shape index (κ3) is 3.81. The van der Waals surface area contributed by atoms with E-state index in [4.69, 9.17) is 4.74 Å². The number of para-hydroxylation sites is 1. The fraction of sp³-hybridized carbons (Fsp3) is 0.100. The molecule has 0 aromatic heterocycles. The number of carbonyl (C=O) groups excluding carboxylic acids is 2. The van der Waals surface area contributed by atoms with Crippen LogP contribution in [0.2, 0.25) is 0 Å². The molecular formula is C20H14O12S3. The summed E-state index contributed by atoms with van der Waals surface area (Å²) < 4.78 is 111. The summed E-state index contributed by atoms with van der Waals surface area (Å²) in [5.41, 5.74) is -2.76. The van der Waals surface area contributed by atoms with Crippen molar-refractivity contribution in [3.8, 4) is 5.75 Å². The van der Waals surface area contributed by atoms with E-state index < -0.39 is 73.9 Å². The van der Waals surface area contributed by atoms with Crippen LogP contribution < -0.4 is 4.74 Å². The highest BCUT2D eigenvalue weighted by molar-refractivity contribution is 7.95. The number of ketones is 2. The van der Waals surface area contributed by atoms with Crippen LogP contribution in [-0.4, -0.2) is 60.7 Å². The number of rotatable bonds is 5. The summed E-state index contributed by atoms with van der Waals surface area (Å²) in [5.74, 6) is -2.89. The maximum atomic E-state index is 13.3. The second-order valence-corrected chi connectivity index (χ2v) is 11.9. The van der Waals surface area contributed by atoms with Crippen molar-refractivity contribution in [1.82, 2.24) is 0 Å². The molecule has 15 heteroatoms. The fourth-order valence-corrected chi connectivity index (χ4v) is 8.27. The van der Waals surface area contributed by atoms with Gasteiger partial charge in [0.2, 0.25) is 0 Å². The zero-order chi connectivity index (χ0) is 26.0. The Morgan fingerprint density at radius 1 is 0.743 bits per heavy atom. The topological polar surface area (TPSA) is 206 Å². The molecule has 4 rings (SSSR count). The summed E-state index contributed by atoms with van der Waals surface area (Å²) in [6.45, 7) is 0. The monoisotopic (exact) mass is 542 g/mol. The number of Topliss-reactive ketones (excluding diaryl/α,β-unsaturated/α-hetero) is 2. The van der Waals surface area contributed by atoms with Gasteiger partial charge < -0.3 is 4.74 Å². The number of benzene rings is 2. The molecule has 3 N–H and O–H groups in total. The first-order valence-corrected chi connectivity index (χ1v) is 13.8. The molecule has 2 aromatic rings. The van der Waals surface area contributed by atoms with Crippen molar-refractivity contribution in [2.75, 3.05) is 0 Å². The molecule has 0 saturated heterocycles. The van der Waals surface area contributed by atoms with E-state index in [9.17, 15) is 48.5 Å². The maximum Gasteiger partial charge on any atom is 0.313 e. The molecular weight excluding hydrogens is 528 g/mol. The van der Waals surface area contributed by atoms with Crippen molar-refractivity contribution in [3.05, 3.63) is 87.9 Å². The van der Waals surface area contributed by atoms with Crippen molar-refractivity contribution >= 4 is 41.9 Å². The van der Waals surface area contributed by atoms with E-state index in [0.29, 0.717) is 0 Å². The molecule has 0 aliphatic heterocycles. The summed E-state index contributed by atoms with van der Waals surface area (Å²) in [7, 11) is -17.7. The van der Waals surface area contributed by atoms with E-state index in [1.165, 1.54) is 36.4 Å². The third-order valence-electron chi connectivity index (χ3n) is 5.39. The molecule has 2 atom stereocenters. The van der Waals surface area contributed by atoms with E-state index >= 15 is 0 Å². The van der Waals surface area contributed by atoms with E-state index in [2.05, 4.69) is 0 Å². The quantitative estimate of drug-likeness (QED) is 0.454. The van der Waals surface area contributed by atoms with Gasteiger partial charge >= 0.3 is 10.1 Å². The Morgan fingerprint density at radius 2 is 1.26 bits per heavy atom. The average Bonchev–Trinajstić information content (AvgIpc) is 2.75. The molecule has 35 heavy (non-hydrogen) atoms. The highest BCUT2D eigenvalue weighted by atomic mass is 32.2. The van der Waals surface area contributed by atoms with Crippen LogP contribution in [0.4, 0.5) is 0 Å². The second-order valence-electron chi connectivity index (χ2n) is 7.47. The first-order valence-electron chi connectivity index (χ1n) is 9.40. The third-order valence-corrected chi connectivity index (χ3v) is 9.12. The minimum Gasteiger partial charge on any atom is -0.462 e. The second kappa shape index (κ2) is 7.91. The highest BCUT2D eigenvalue weighted by Crippen LogP contribution is 2.48. The molecule has 0 heterocycles. The van der Waals surface area contributed by atoms with Gasteiger partial charge in [-0.05, 0) is 18.2 Å². The Balaban J connectivity index is 2.21. The van der Waals surface area contributed by atoms with E-state index in [-0.39, 0.29) is 17.2 Å². The molecule has 2 unspecified atom stereocenters. The van der Waals surface area contributed by atoms with Gasteiger partial charge in [0.15, 0.2) is 16.8 Å². The van der Waals surface area contributed by atoms with Crippen LogP contribution in [0, 0.1) is 0 Å². The zero-order valence-electron chi connectivity index (χ0n) is 17.1. The number of allylic oxidation sites excluding steroid dienone is 2. The van der Waals surface area contributed by atoms with Gasteiger partial charge in [-0.15, -0.1) is 0 Å². The van der Waals surface area contributed by atoms with Crippen molar-refractivity contribution in [1.29, 1.82) is 0 Å². The molecule has 2 aliphatic carbocycles. The number of ether oxygens (including phenoxy) is 1. The number of carbonyl (C=O) groups is 2. The van der Waals surface area contributed by atoms with Crippen molar-refractivity contribution in [2.24, 2.45) is 0 Å². The van der Waals surface area contributed by atoms with Gasteiger partial charge in [-0.25, -0.2) is 0 Å². The van der Waals surface area contributed by atoms with Crippen molar-refractivity contribution < 1.29 is 53.2 Å². The highest BCUT2D eigenvalue weighted by Gasteiger charge is 2.68. The van der Waals surface area contributed by atoms with Gasteiger partial charge in [-0.2, -0.15) is 25.3 Å². The van der Waals surface area contributed by atoms with Crippen LogP contribution in [0.15, 0.2) is 76.7 Å². The van der Waals surface area contributed by atoms with Crippen LogP contribution in [0.3, 0.4) is 0 Å². The van der Waals surface area contributed by atoms with Crippen LogP contribution in [0.25, 0.3) is 0 Å². The number of hydrogen-bond acceptors (Lipinski definition) is 9. The standard InChI is InChI=1S/C20H14O12S3/c21-17-12-8-4-5-9-13(12)18(22)16-14(17)10-15(33(23,24)25)20(35(29,30)31,19(16)34(26,27)28)32-11-6-2-1-3-7-11/h1-10,19H,(H,23,24,25)(H,26,27,28)(H,29,30,31). The first-order chi connectivity index (χ1) is 16.1.